The Kier molecular flexibility index (Phi) is 4.44. The maximum atomic E-state index is 12.8. The highest BCUT2D eigenvalue weighted by molar-refractivity contribution is 5.83. The second-order valence-electron chi connectivity index (χ2n) is 6.94. The van der Waals surface area contributed by atoms with Crippen LogP contribution in [0.2, 0.25) is 0 Å². The molecule has 0 spiro atoms. The molecule has 1 atom stereocenters. The van der Waals surface area contributed by atoms with Gasteiger partial charge in [0, 0.05) is 30.6 Å². The monoisotopic (exact) mass is 363 g/mol. The van der Waals surface area contributed by atoms with Crippen molar-refractivity contribution in [1.82, 2.24) is 4.90 Å². The van der Waals surface area contributed by atoms with Crippen LogP contribution in [-0.4, -0.2) is 23.5 Å². The van der Waals surface area contributed by atoms with E-state index in [1.165, 1.54) is 17.2 Å². The summed E-state index contributed by atoms with van der Waals surface area (Å²) in [4.78, 5) is 26.2. The van der Waals surface area contributed by atoms with Crippen LogP contribution in [0, 0.1) is 6.92 Å². The lowest BCUT2D eigenvalue weighted by Crippen LogP contribution is -2.43. The summed E-state index contributed by atoms with van der Waals surface area (Å²) in [5.74, 6) is 0.463. The number of fused-ring (bicyclic) bond motifs is 2. The van der Waals surface area contributed by atoms with Crippen LogP contribution < -0.4 is 10.4 Å². The van der Waals surface area contributed by atoms with E-state index in [4.69, 9.17) is 9.15 Å². The summed E-state index contributed by atoms with van der Waals surface area (Å²) < 4.78 is 11.1. The second-order valence-corrected chi connectivity index (χ2v) is 6.94. The first kappa shape index (κ1) is 17.3. The third-order valence-corrected chi connectivity index (χ3v) is 5.03. The molecule has 4 rings (SSSR count). The van der Waals surface area contributed by atoms with Gasteiger partial charge in [0.2, 0.25) is 0 Å². The first-order valence-electron chi connectivity index (χ1n) is 9.08. The highest BCUT2D eigenvalue weighted by Gasteiger charge is 2.25. The molecule has 5 heteroatoms. The van der Waals surface area contributed by atoms with Crippen molar-refractivity contribution in [3.05, 3.63) is 75.6 Å². The summed E-state index contributed by atoms with van der Waals surface area (Å²) in [7, 11) is 0. The number of ether oxygens (including phenoxy) is 1. The van der Waals surface area contributed by atoms with Crippen molar-refractivity contribution >= 4 is 16.9 Å². The maximum Gasteiger partial charge on any atom is 0.336 e. The molecule has 0 aliphatic carbocycles. The van der Waals surface area contributed by atoms with Gasteiger partial charge in [-0.1, -0.05) is 24.3 Å². The molecule has 138 valence electrons. The lowest BCUT2D eigenvalue weighted by atomic mass is 9.99. The molecule has 1 aliphatic rings. The van der Waals surface area contributed by atoms with Gasteiger partial charge in [-0.3, -0.25) is 4.79 Å². The van der Waals surface area contributed by atoms with Crippen LogP contribution in [0.4, 0.5) is 0 Å². The van der Waals surface area contributed by atoms with Crippen LogP contribution in [0.1, 0.15) is 23.6 Å². The van der Waals surface area contributed by atoms with Gasteiger partial charge in [-0.25, -0.2) is 4.79 Å². The topological polar surface area (TPSA) is 59.8 Å². The smallest absolute Gasteiger partial charge is 0.336 e. The molecule has 1 aromatic heterocycles. The molecule has 1 unspecified atom stereocenters. The number of amides is 1. The van der Waals surface area contributed by atoms with Crippen LogP contribution in [0.5, 0.6) is 5.75 Å². The van der Waals surface area contributed by atoms with Crippen LogP contribution in [0.3, 0.4) is 0 Å². The van der Waals surface area contributed by atoms with E-state index in [9.17, 15) is 9.59 Å². The number of nitrogens with zero attached hydrogens (tertiary/aromatic N) is 1. The fourth-order valence-electron chi connectivity index (χ4n) is 3.57. The van der Waals surface area contributed by atoms with Crippen molar-refractivity contribution in [2.45, 2.75) is 32.9 Å². The average molecular weight is 363 g/mol. The van der Waals surface area contributed by atoms with E-state index in [2.05, 4.69) is 12.1 Å². The molecule has 0 fully saturated rings. The fraction of sp³-hybridized carbons (Fsp3) is 0.273. The summed E-state index contributed by atoms with van der Waals surface area (Å²) >= 11 is 0. The zero-order valence-electron chi connectivity index (χ0n) is 15.4. The minimum absolute atomic E-state index is 0.0460. The van der Waals surface area contributed by atoms with Gasteiger partial charge in [0.1, 0.15) is 11.3 Å². The van der Waals surface area contributed by atoms with Crippen molar-refractivity contribution in [3.8, 4) is 5.75 Å². The van der Waals surface area contributed by atoms with Crippen molar-refractivity contribution in [3.63, 3.8) is 0 Å². The zero-order valence-corrected chi connectivity index (χ0v) is 15.4. The second kappa shape index (κ2) is 6.91. The zero-order chi connectivity index (χ0) is 19.0. The molecule has 1 amide bonds. The van der Waals surface area contributed by atoms with Gasteiger partial charge in [-0.05, 0) is 49.1 Å². The quantitative estimate of drug-likeness (QED) is 0.669. The third-order valence-electron chi connectivity index (χ3n) is 5.03. The lowest BCUT2D eigenvalue weighted by Gasteiger charge is -2.31. The number of benzene rings is 2. The van der Waals surface area contributed by atoms with E-state index in [1.54, 1.807) is 19.1 Å². The van der Waals surface area contributed by atoms with Crippen molar-refractivity contribution < 1.29 is 13.9 Å². The number of hydrogen-bond donors (Lipinski definition) is 0. The van der Waals surface area contributed by atoms with E-state index in [0.29, 0.717) is 24.4 Å². The highest BCUT2D eigenvalue weighted by Crippen LogP contribution is 2.24. The van der Waals surface area contributed by atoms with Crippen LogP contribution >= 0.6 is 0 Å². The van der Waals surface area contributed by atoms with E-state index >= 15 is 0 Å². The Morgan fingerprint density at radius 1 is 1.15 bits per heavy atom. The third kappa shape index (κ3) is 3.45. The molecular weight excluding hydrogens is 342 g/mol. The predicted octanol–water partition coefficient (Wildman–Crippen LogP) is 3.45. The van der Waals surface area contributed by atoms with Crippen LogP contribution in [0.25, 0.3) is 11.0 Å². The molecule has 0 N–H and O–H groups in total. The van der Waals surface area contributed by atoms with Gasteiger partial charge in [0.15, 0.2) is 6.10 Å². The molecule has 0 saturated heterocycles. The molecule has 1 aliphatic heterocycles. The summed E-state index contributed by atoms with van der Waals surface area (Å²) in [6.07, 6.45) is 0.235. The highest BCUT2D eigenvalue weighted by atomic mass is 16.5. The lowest BCUT2D eigenvalue weighted by molar-refractivity contribution is -0.138. The average Bonchev–Trinajstić information content (AvgIpc) is 2.66. The Labute approximate surface area is 157 Å². The van der Waals surface area contributed by atoms with Gasteiger partial charge in [-0.2, -0.15) is 0 Å². The Hall–Kier alpha value is -3.08. The van der Waals surface area contributed by atoms with Crippen molar-refractivity contribution in [2.75, 3.05) is 6.54 Å². The minimum Gasteiger partial charge on any atom is -0.481 e. The Morgan fingerprint density at radius 3 is 2.74 bits per heavy atom. The summed E-state index contributed by atoms with van der Waals surface area (Å²) in [5.41, 5.74) is 3.41. The first-order valence-corrected chi connectivity index (χ1v) is 9.08. The van der Waals surface area contributed by atoms with E-state index in [1.807, 2.05) is 30.0 Å². The van der Waals surface area contributed by atoms with Gasteiger partial charge >= 0.3 is 5.63 Å². The maximum absolute atomic E-state index is 12.8. The molecule has 0 bridgehead atoms. The molecular formula is C22H21NO4. The number of carbonyl (C=O) groups is 1. The van der Waals surface area contributed by atoms with E-state index in [0.717, 1.165) is 17.4 Å². The predicted molar refractivity (Wildman–Crippen MR) is 103 cm³/mol. The van der Waals surface area contributed by atoms with Gasteiger partial charge < -0.3 is 14.1 Å². The standard InChI is InChI=1S/C22H21NO4/c1-14-11-21(24)27-20-12-18(7-8-19(14)20)26-15(2)22(25)23-10-9-16-5-3-4-6-17(16)13-23/h3-8,11-12,15H,9-10,13H2,1-2H3. The molecule has 2 aromatic carbocycles. The molecule has 27 heavy (non-hydrogen) atoms. The van der Waals surface area contributed by atoms with Gasteiger partial charge in [0.05, 0.1) is 0 Å². The summed E-state index contributed by atoms with van der Waals surface area (Å²) in [6.45, 7) is 4.91. The minimum atomic E-state index is -0.621. The Balaban J connectivity index is 1.50. The number of hydrogen-bond acceptors (Lipinski definition) is 4. The normalized spacial score (nSPS) is 14.7. The summed E-state index contributed by atoms with van der Waals surface area (Å²) in [5, 5.41) is 0.855. The molecule has 3 aromatic rings. The Morgan fingerprint density at radius 2 is 1.93 bits per heavy atom. The number of rotatable bonds is 3. The number of aryl methyl sites for hydroxylation is 1. The molecule has 2 heterocycles. The van der Waals surface area contributed by atoms with Gasteiger partial charge in [0.25, 0.3) is 5.91 Å². The largest absolute Gasteiger partial charge is 0.481 e. The molecule has 0 saturated carbocycles. The molecule has 5 nitrogen and oxygen atoms in total. The van der Waals surface area contributed by atoms with Crippen molar-refractivity contribution in [2.24, 2.45) is 0 Å². The summed E-state index contributed by atoms with van der Waals surface area (Å²) in [6, 6.07) is 15.0. The molecule has 0 radical (unpaired) electrons. The first-order chi connectivity index (χ1) is 13.0. The van der Waals surface area contributed by atoms with E-state index < -0.39 is 11.7 Å². The van der Waals surface area contributed by atoms with Crippen LogP contribution in [-0.2, 0) is 17.8 Å². The fourth-order valence-corrected chi connectivity index (χ4v) is 3.57. The van der Waals surface area contributed by atoms with Crippen LogP contribution in [0.15, 0.2) is 57.7 Å². The van der Waals surface area contributed by atoms with Gasteiger partial charge in [-0.15, -0.1) is 0 Å². The number of carbonyl (C=O) groups excluding carboxylic acids is 1. The van der Waals surface area contributed by atoms with Crippen molar-refractivity contribution in [1.29, 1.82) is 0 Å². The van der Waals surface area contributed by atoms with E-state index in [-0.39, 0.29) is 5.91 Å². The Bertz CT molecular complexity index is 1070. The SMILES string of the molecule is Cc1cc(=O)oc2cc(OC(C)C(=O)N3CCc4ccccc4C3)ccc12.